The molecule has 1 amide bonds. The lowest BCUT2D eigenvalue weighted by molar-refractivity contribution is -0.114. The highest BCUT2D eigenvalue weighted by molar-refractivity contribution is 6.07. The Labute approximate surface area is 117 Å². The van der Waals surface area contributed by atoms with Crippen LogP contribution in [-0.2, 0) is 4.79 Å². The molecule has 0 unspecified atom stereocenters. The molecule has 2 aromatic rings. The SMILES string of the molecule is CC(=O)Nc1cccc(C(=O)/C=C/c2ccncc2)c1. The van der Waals surface area contributed by atoms with Crippen molar-refractivity contribution < 1.29 is 9.59 Å². The molecule has 1 N–H and O–H groups in total. The molecular weight excluding hydrogens is 252 g/mol. The van der Waals surface area contributed by atoms with E-state index in [2.05, 4.69) is 10.3 Å². The molecule has 1 aromatic heterocycles. The zero-order chi connectivity index (χ0) is 14.4. The molecule has 0 spiro atoms. The average Bonchev–Trinajstić information content (AvgIpc) is 2.45. The third kappa shape index (κ3) is 3.88. The molecule has 20 heavy (non-hydrogen) atoms. The van der Waals surface area contributed by atoms with Crippen molar-refractivity contribution in [2.45, 2.75) is 6.92 Å². The second-order valence-corrected chi connectivity index (χ2v) is 4.24. The first kappa shape index (κ1) is 13.7. The summed E-state index contributed by atoms with van der Waals surface area (Å²) >= 11 is 0. The van der Waals surface area contributed by atoms with E-state index >= 15 is 0 Å². The first-order chi connectivity index (χ1) is 9.65. The van der Waals surface area contributed by atoms with Gasteiger partial charge in [0.05, 0.1) is 0 Å². The molecule has 0 aliphatic carbocycles. The summed E-state index contributed by atoms with van der Waals surface area (Å²) in [5.74, 6) is -0.282. The number of nitrogens with zero attached hydrogens (tertiary/aromatic N) is 1. The molecule has 0 bridgehead atoms. The summed E-state index contributed by atoms with van der Waals surface area (Å²) in [6.45, 7) is 1.43. The van der Waals surface area contributed by atoms with Gasteiger partial charge in [-0.3, -0.25) is 14.6 Å². The van der Waals surface area contributed by atoms with Crippen molar-refractivity contribution in [3.8, 4) is 0 Å². The van der Waals surface area contributed by atoms with Crippen molar-refractivity contribution in [2.75, 3.05) is 5.32 Å². The first-order valence-electron chi connectivity index (χ1n) is 6.15. The molecule has 4 heteroatoms. The van der Waals surface area contributed by atoms with Crippen molar-refractivity contribution in [3.63, 3.8) is 0 Å². The van der Waals surface area contributed by atoms with Crippen molar-refractivity contribution >= 4 is 23.5 Å². The summed E-state index contributed by atoms with van der Waals surface area (Å²) in [4.78, 5) is 26.9. The normalized spacial score (nSPS) is 10.4. The number of rotatable bonds is 4. The van der Waals surface area contributed by atoms with Crippen LogP contribution in [-0.4, -0.2) is 16.7 Å². The molecule has 1 heterocycles. The second kappa shape index (κ2) is 6.43. The highest BCUT2D eigenvalue weighted by atomic mass is 16.1. The van der Waals surface area contributed by atoms with Crippen LogP contribution in [0.25, 0.3) is 6.08 Å². The highest BCUT2D eigenvalue weighted by Gasteiger charge is 2.03. The lowest BCUT2D eigenvalue weighted by Gasteiger charge is -2.03. The highest BCUT2D eigenvalue weighted by Crippen LogP contribution is 2.12. The Balaban J connectivity index is 2.13. The van der Waals surface area contributed by atoms with E-state index in [-0.39, 0.29) is 11.7 Å². The van der Waals surface area contributed by atoms with Crippen LogP contribution in [0, 0.1) is 0 Å². The summed E-state index contributed by atoms with van der Waals surface area (Å²) in [6, 6.07) is 10.5. The van der Waals surface area contributed by atoms with Gasteiger partial charge in [-0.15, -0.1) is 0 Å². The van der Waals surface area contributed by atoms with E-state index < -0.39 is 0 Å². The van der Waals surface area contributed by atoms with Crippen LogP contribution in [0.1, 0.15) is 22.8 Å². The van der Waals surface area contributed by atoms with Gasteiger partial charge in [-0.05, 0) is 35.9 Å². The Morgan fingerprint density at radius 2 is 1.90 bits per heavy atom. The van der Waals surface area contributed by atoms with E-state index in [0.717, 1.165) is 5.56 Å². The number of carbonyl (C=O) groups is 2. The Morgan fingerprint density at radius 3 is 2.60 bits per heavy atom. The second-order valence-electron chi connectivity index (χ2n) is 4.24. The number of pyridine rings is 1. The number of carbonyl (C=O) groups excluding carboxylic acids is 2. The fraction of sp³-hybridized carbons (Fsp3) is 0.0625. The lowest BCUT2D eigenvalue weighted by atomic mass is 10.1. The van der Waals surface area contributed by atoms with Crippen LogP contribution < -0.4 is 5.32 Å². The third-order valence-corrected chi connectivity index (χ3v) is 2.60. The summed E-state index contributed by atoms with van der Waals surface area (Å²) < 4.78 is 0. The van der Waals surface area contributed by atoms with Crippen LogP contribution in [0.2, 0.25) is 0 Å². The van der Waals surface area contributed by atoms with Gasteiger partial charge in [-0.25, -0.2) is 0 Å². The van der Waals surface area contributed by atoms with Gasteiger partial charge in [0.1, 0.15) is 0 Å². The maximum absolute atomic E-state index is 12.0. The van der Waals surface area contributed by atoms with E-state index in [9.17, 15) is 9.59 Å². The molecule has 0 saturated carbocycles. The monoisotopic (exact) mass is 266 g/mol. The minimum atomic E-state index is -0.165. The molecule has 0 saturated heterocycles. The lowest BCUT2D eigenvalue weighted by Crippen LogP contribution is -2.06. The maximum Gasteiger partial charge on any atom is 0.221 e. The zero-order valence-corrected chi connectivity index (χ0v) is 11.0. The van der Waals surface area contributed by atoms with E-state index in [0.29, 0.717) is 11.3 Å². The van der Waals surface area contributed by atoms with E-state index in [4.69, 9.17) is 0 Å². The van der Waals surface area contributed by atoms with Gasteiger partial charge >= 0.3 is 0 Å². The first-order valence-corrected chi connectivity index (χ1v) is 6.15. The van der Waals surface area contributed by atoms with E-state index in [1.807, 2.05) is 12.1 Å². The number of benzene rings is 1. The number of allylic oxidation sites excluding steroid dienone is 1. The van der Waals surface area contributed by atoms with Gasteiger partial charge < -0.3 is 5.32 Å². The van der Waals surface area contributed by atoms with Crippen LogP contribution in [0.5, 0.6) is 0 Å². The van der Waals surface area contributed by atoms with Crippen molar-refractivity contribution in [1.29, 1.82) is 0 Å². The Hall–Kier alpha value is -2.75. The van der Waals surface area contributed by atoms with Gasteiger partial charge in [-0.1, -0.05) is 18.2 Å². The van der Waals surface area contributed by atoms with Gasteiger partial charge in [0, 0.05) is 30.6 Å². The molecule has 0 radical (unpaired) electrons. The fourth-order valence-corrected chi connectivity index (χ4v) is 1.70. The summed E-state index contributed by atoms with van der Waals surface area (Å²) in [7, 11) is 0. The number of ketones is 1. The minimum Gasteiger partial charge on any atom is -0.326 e. The standard InChI is InChI=1S/C16H14N2O2/c1-12(19)18-15-4-2-3-14(11-15)16(20)6-5-13-7-9-17-10-8-13/h2-11H,1H3,(H,18,19)/b6-5+. The molecular formula is C16H14N2O2. The molecule has 2 rings (SSSR count). The van der Waals surface area contributed by atoms with Gasteiger partial charge in [0.15, 0.2) is 5.78 Å². The van der Waals surface area contributed by atoms with Gasteiger partial charge in [0.25, 0.3) is 0 Å². The van der Waals surface area contributed by atoms with Crippen LogP contribution in [0.4, 0.5) is 5.69 Å². The smallest absolute Gasteiger partial charge is 0.221 e. The molecule has 0 aliphatic heterocycles. The predicted octanol–water partition coefficient (Wildman–Crippen LogP) is 2.94. The molecule has 0 fully saturated rings. The van der Waals surface area contributed by atoms with E-state index in [1.54, 1.807) is 42.7 Å². The largest absolute Gasteiger partial charge is 0.326 e. The number of hydrogen-bond donors (Lipinski definition) is 1. The number of aromatic nitrogens is 1. The number of anilines is 1. The van der Waals surface area contributed by atoms with Crippen molar-refractivity contribution in [2.24, 2.45) is 0 Å². The Kier molecular flexibility index (Phi) is 4.39. The van der Waals surface area contributed by atoms with Crippen LogP contribution in [0.3, 0.4) is 0 Å². The maximum atomic E-state index is 12.0. The predicted molar refractivity (Wildman–Crippen MR) is 78.3 cm³/mol. The van der Waals surface area contributed by atoms with Crippen LogP contribution in [0.15, 0.2) is 54.9 Å². The average molecular weight is 266 g/mol. The summed E-state index contributed by atoms with van der Waals surface area (Å²) in [5, 5.41) is 2.65. The minimum absolute atomic E-state index is 0.117. The quantitative estimate of drug-likeness (QED) is 0.683. The van der Waals surface area contributed by atoms with Crippen LogP contribution >= 0.6 is 0 Å². The molecule has 1 aromatic carbocycles. The van der Waals surface area contributed by atoms with Crippen molar-refractivity contribution in [3.05, 3.63) is 66.0 Å². The van der Waals surface area contributed by atoms with E-state index in [1.165, 1.54) is 13.0 Å². The molecule has 100 valence electrons. The zero-order valence-electron chi connectivity index (χ0n) is 11.0. The van der Waals surface area contributed by atoms with Gasteiger partial charge in [0.2, 0.25) is 5.91 Å². The van der Waals surface area contributed by atoms with Crippen molar-refractivity contribution in [1.82, 2.24) is 4.98 Å². The molecule has 4 nitrogen and oxygen atoms in total. The fourth-order valence-electron chi connectivity index (χ4n) is 1.70. The van der Waals surface area contributed by atoms with Gasteiger partial charge in [-0.2, -0.15) is 0 Å². The summed E-state index contributed by atoms with van der Waals surface area (Å²) in [6.07, 6.45) is 6.57. The number of nitrogens with one attached hydrogen (secondary N) is 1. The molecule has 0 atom stereocenters. The third-order valence-electron chi connectivity index (χ3n) is 2.60. The summed E-state index contributed by atoms with van der Waals surface area (Å²) in [5.41, 5.74) is 2.05. The Morgan fingerprint density at radius 1 is 1.15 bits per heavy atom. The Bertz CT molecular complexity index is 649. The number of amides is 1. The number of hydrogen-bond acceptors (Lipinski definition) is 3. The topological polar surface area (TPSA) is 59.1 Å². The molecule has 0 aliphatic rings.